The van der Waals surface area contributed by atoms with Gasteiger partial charge >= 0.3 is 0 Å². The number of nitrogens with zero attached hydrogens (tertiary/aromatic N) is 1. The van der Waals surface area contributed by atoms with Gasteiger partial charge in [0.05, 0.1) is 12.2 Å². The fraction of sp³-hybridized carbons (Fsp3) is 0.188. The van der Waals surface area contributed by atoms with Crippen LogP contribution in [0.15, 0.2) is 42.5 Å². The standard InChI is InChI=1S/C16H14F3NO2/c17-13-9-15(19)14(18)8-12(13)16(22)20(6-7-21)10-11-4-2-1-3-5-11/h1-5,8-9,21H,6-7,10H2. The molecule has 0 fully saturated rings. The number of hydrogen-bond donors (Lipinski definition) is 1. The molecular weight excluding hydrogens is 295 g/mol. The summed E-state index contributed by atoms with van der Waals surface area (Å²) in [5, 5.41) is 9.06. The molecule has 3 nitrogen and oxygen atoms in total. The van der Waals surface area contributed by atoms with E-state index in [9.17, 15) is 18.0 Å². The lowest BCUT2D eigenvalue weighted by molar-refractivity contribution is 0.0702. The van der Waals surface area contributed by atoms with E-state index in [1.54, 1.807) is 30.3 Å². The molecule has 2 aromatic carbocycles. The normalized spacial score (nSPS) is 10.5. The first-order valence-electron chi connectivity index (χ1n) is 6.61. The highest BCUT2D eigenvalue weighted by Gasteiger charge is 2.21. The first-order valence-corrected chi connectivity index (χ1v) is 6.61. The van der Waals surface area contributed by atoms with Gasteiger partial charge in [-0.2, -0.15) is 0 Å². The van der Waals surface area contributed by atoms with Crippen LogP contribution >= 0.6 is 0 Å². The van der Waals surface area contributed by atoms with E-state index >= 15 is 0 Å². The molecule has 0 aliphatic heterocycles. The zero-order chi connectivity index (χ0) is 16.1. The molecule has 0 atom stereocenters. The van der Waals surface area contributed by atoms with E-state index in [2.05, 4.69) is 0 Å². The molecule has 0 spiro atoms. The summed E-state index contributed by atoms with van der Waals surface area (Å²) in [5.41, 5.74) is 0.204. The van der Waals surface area contributed by atoms with Gasteiger partial charge in [0.2, 0.25) is 0 Å². The third-order valence-corrected chi connectivity index (χ3v) is 3.11. The van der Waals surface area contributed by atoms with E-state index in [1.807, 2.05) is 0 Å². The Morgan fingerprint density at radius 1 is 1.00 bits per heavy atom. The minimum Gasteiger partial charge on any atom is -0.395 e. The van der Waals surface area contributed by atoms with Gasteiger partial charge in [0, 0.05) is 19.2 Å². The Balaban J connectivity index is 2.28. The molecular formula is C16H14F3NO2. The van der Waals surface area contributed by atoms with Crippen LogP contribution in [-0.2, 0) is 6.54 Å². The number of carbonyl (C=O) groups excluding carboxylic acids is 1. The van der Waals surface area contributed by atoms with E-state index in [0.29, 0.717) is 12.1 Å². The van der Waals surface area contributed by atoms with Crippen LogP contribution in [0.5, 0.6) is 0 Å². The molecule has 2 aromatic rings. The molecule has 0 saturated heterocycles. The predicted molar refractivity (Wildman–Crippen MR) is 74.6 cm³/mol. The number of aliphatic hydroxyl groups excluding tert-OH is 1. The highest BCUT2D eigenvalue weighted by Crippen LogP contribution is 2.17. The second-order valence-electron chi connectivity index (χ2n) is 4.68. The van der Waals surface area contributed by atoms with Crippen LogP contribution < -0.4 is 0 Å². The average Bonchev–Trinajstić information content (AvgIpc) is 2.51. The quantitative estimate of drug-likeness (QED) is 0.863. The number of benzene rings is 2. The van der Waals surface area contributed by atoms with Crippen molar-refractivity contribution >= 4 is 5.91 Å². The number of rotatable bonds is 5. The van der Waals surface area contributed by atoms with Gasteiger partial charge in [-0.15, -0.1) is 0 Å². The summed E-state index contributed by atoms with van der Waals surface area (Å²) in [4.78, 5) is 13.5. The van der Waals surface area contributed by atoms with Crippen LogP contribution in [0.2, 0.25) is 0 Å². The van der Waals surface area contributed by atoms with Crippen LogP contribution in [0, 0.1) is 17.5 Å². The molecule has 2 rings (SSSR count). The molecule has 0 aromatic heterocycles. The van der Waals surface area contributed by atoms with Crippen LogP contribution in [0.1, 0.15) is 15.9 Å². The molecule has 22 heavy (non-hydrogen) atoms. The second kappa shape index (κ2) is 7.09. The Morgan fingerprint density at radius 3 is 2.27 bits per heavy atom. The van der Waals surface area contributed by atoms with Gasteiger partial charge in [-0.1, -0.05) is 30.3 Å². The van der Waals surface area contributed by atoms with Gasteiger partial charge in [0.15, 0.2) is 11.6 Å². The largest absolute Gasteiger partial charge is 0.395 e. The minimum absolute atomic E-state index is 0.0494. The van der Waals surface area contributed by atoms with Crippen LogP contribution in [0.4, 0.5) is 13.2 Å². The highest BCUT2D eigenvalue weighted by atomic mass is 19.2. The lowest BCUT2D eigenvalue weighted by Crippen LogP contribution is -2.33. The molecule has 0 saturated carbocycles. The third kappa shape index (κ3) is 3.65. The lowest BCUT2D eigenvalue weighted by Gasteiger charge is -2.22. The van der Waals surface area contributed by atoms with Crippen LogP contribution in [-0.4, -0.2) is 29.1 Å². The van der Waals surface area contributed by atoms with Crippen molar-refractivity contribution in [1.29, 1.82) is 0 Å². The highest BCUT2D eigenvalue weighted by molar-refractivity contribution is 5.94. The van der Waals surface area contributed by atoms with Crippen molar-refractivity contribution in [2.45, 2.75) is 6.54 Å². The topological polar surface area (TPSA) is 40.5 Å². The van der Waals surface area contributed by atoms with Crippen molar-refractivity contribution in [2.75, 3.05) is 13.2 Å². The Hall–Kier alpha value is -2.34. The molecule has 0 aliphatic rings. The van der Waals surface area contributed by atoms with E-state index in [0.717, 1.165) is 5.56 Å². The van der Waals surface area contributed by atoms with Crippen molar-refractivity contribution in [3.8, 4) is 0 Å². The van der Waals surface area contributed by atoms with E-state index in [1.165, 1.54) is 4.90 Å². The SMILES string of the molecule is O=C(c1cc(F)c(F)cc1F)N(CCO)Cc1ccccc1. The zero-order valence-electron chi connectivity index (χ0n) is 11.6. The number of carbonyl (C=O) groups is 1. The Morgan fingerprint density at radius 2 is 1.64 bits per heavy atom. The van der Waals surface area contributed by atoms with Crippen molar-refractivity contribution in [2.24, 2.45) is 0 Å². The number of halogens is 3. The van der Waals surface area contributed by atoms with E-state index in [-0.39, 0.29) is 19.7 Å². The van der Waals surface area contributed by atoms with Gasteiger partial charge in [-0.05, 0) is 11.6 Å². The second-order valence-corrected chi connectivity index (χ2v) is 4.68. The monoisotopic (exact) mass is 309 g/mol. The third-order valence-electron chi connectivity index (χ3n) is 3.11. The van der Waals surface area contributed by atoms with Crippen LogP contribution in [0.25, 0.3) is 0 Å². The summed E-state index contributed by atoms with van der Waals surface area (Å²) in [7, 11) is 0. The smallest absolute Gasteiger partial charge is 0.257 e. The number of aliphatic hydroxyl groups is 1. The van der Waals surface area contributed by atoms with Gasteiger partial charge in [-0.3, -0.25) is 4.79 Å². The molecule has 0 unspecified atom stereocenters. The summed E-state index contributed by atoms with van der Waals surface area (Å²) in [5.74, 6) is -4.60. The Labute approximate surface area is 125 Å². The predicted octanol–water partition coefficient (Wildman–Crippen LogP) is 2.74. The van der Waals surface area contributed by atoms with Crippen molar-refractivity contribution in [1.82, 2.24) is 4.90 Å². The fourth-order valence-corrected chi connectivity index (χ4v) is 2.03. The Bertz CT molecular complexity index is 662. The minimum atomic E-state index is -1.36. The summed E-state index contributed by atoms with van der Waals surface area (Å²) in [6.07, 6.45) is 0. The van der Waals surface area contributed by atoms with Gasteiger partial charge < -0.3 is 10.0 Å². The van der Waals surface area contributed by atoms with Crippen LogP contribution in [0.3, 0.4) is 0 Å². The van der Waals surface area contributed by atoms with Gasteiger partial charge in [0.1, 0.15) is 5.82 Å². The molecule has 0 heterocycles. The first-order chi connectivity index (χ1) is 10.5. The molecule has 1 amide bonds. The number of hydrogen-bond acceptors (Lipinski definition) is 2. The summed E-state index contributed by atoms with van der Waals surface area (Å²) in [6, 6.07) is 9.74. The molecule has 0 bridgehead atoms. The Kier molecular flexibility index (Phi) is 5.16. The first kappa shape index (κ1) is 16.0. The lowest BCUT2D eigenvalue weighted by atomic mass is 10.1. The maximum absolute atomic E-state index is 13.7. The summed E-state index contributed by atoms with van der Waals surface area (Å²) < 4.78 is 39.9. The molecule has 116 valence electrons. The maximum Gasteiger partial charge on any atom is 0.257 e. The van der Waals surface area contributed by atoms with Crippen molar-refractivity contribution in [3.63, 3.8) is 0 Å². The van der Waals surface area contributed by atoms with E-state index < -0.39 is 28.9 Å². The van der Waals surface area contributed by atoms with Crippen molar-refractivity contribution < 1.29 is 23.1 Å². The summed E-state index contributed by atoms with van der Waals surface area (Å²) >= 11 is 0. The zero-order valence-corrected chi connectivity index (χ0v) is 11.6. The number of amides is 1. The van der Waals surface area contributed by atoms with Crippen molar-refractivity contribution in [3.05, 3.63) is 71.0 Å². The summed E-state index contributed by atoms with van der Waals surface area (Å²) in [6.45, 7) is -0.255. The van der Waals surface area contributed by atoms with Gasteiger partial charge in [-0.25, -0.2) is 13.2 Å². The average molecular weight is 309 g/mol. The maximum atomic E-state index is 13.7. The fourth-order valence-electron chi connectivity index (χ4n) is 2.03. The molecule has 0 aliphatic carbocycles. The van der Waals surface area contributed by atoms with Gasteiger partial charge in [0.25, 0.3) is 5.91 Å². The molecule has 0 radical (unpaired) electrons. The molecule has 6 heteroatoms. The van der Waals surface area contributed by atoms with E-state index in [4.69, 9.17) is 5.11 Å². The molecule has 1 N–H and O–H groups in total.